The molecule has 0 spiro atoms. The van der Waals surface area contributed by atoms with Gasteiger partial charge in [0.2, 0.25) is 22.1 Å². The second kappa shape index (κ2) is 43.4. The molecule has 0 saturated carbocycles. The summed E-state index contributed by atoms with van der Waals surface area (Å²) in [6, 6.07) is 47.4. The van der Waals surface area contributed by atoms with Crippen LogP contribution in [0.4, 0.5) is 57.7 Å². The number of nitrogens with one attached hydrogen (secondary N) is 5. The molecule has 0 aliphatic carbocycles. The van der Waals surface area contributed by atoms with Gasteiger partial charge in [-0.1, -0.05) is 59.9 Å². The summed E-state index contributed by atoms with van der Waals surface area (Å²) < 4.78 is 156. The third kappa shape index (κ3) is 24.9. The number of aryl methyl sites for hydroxylation is 2. The standard InChI is InChI=1S/C24H27ClN6O3S2.C21H20ClFN4O3S2.C21H21N3O4S2.C20H19ClFN5O4S2.5H2/c1-17-14-29(20-5-7-21(8-6-20)36(33,34)28-24-26-16-27-35-24)11-12-31(17)23(32)15-30-10-2-3-18-13-19(25)4-9-22(18)30;22-17-2-1-3-18(23)16(17)8-10-24-19-9-12-27(20(19)28)14-4-6-15(7-5-14)32(29,30)26-21-25-11-13-31-21;1-2-15-4-3-5-17(14-15)28-19-10-12-24(20(19)25)16-6-8-18(9-7-16)30(26,27)23-21-22-11-13-29-21;21-17-11-15(3-6-18(17)22)31-12-19(28)27-9-7-26(8-10-27)14-1-4-16(5-2-14)33(29,30)25-20-23-13-24-32-20;;;;;/h4-9,13,16-17H,2-3,10-12,14-15H2,1H3,(H,26,27,28);1-7,11,13,19,24H,8-10,12H2,(H,25,26);3-9,11,13-14,19H,2,10,12H2,1H3,(H,22,23);1-6,11,13H,7-10,12H2,(H,23,24,25);5*1H/t17-;19-;;;;;;;/m10......./s1. The van der Waals surface area contributed by atoms with Gasteiger partial charge < -0.3 is 49.1 Å². The fourth-order valence-electron chi connectivity index (χ4n) is 14.9. The quantitative estimate of drug-likeness (QED) is 0.0304. The Hall–Kier alpha value is -11.3. The normalized spacial score (nSPS) is 16.4. The molecule has 5 aliphatic rings. The van der Waals surface area contributed by atoms with E-state index in [0.717, 1.165) is 76.5 Å². The van der Waals surface area contributed by atoms with Gasteiger partial charge in [-0.15, -0.1) is 22.7 Å². The second-order valence-corrected chi connectivity index (χ2v) is 41.4. The van der Waals surface area contributed by atoms with E-state index in [1.807, 2.05) is 47.4 Å². The van der Waals surface area contributed by atoms with Crippen molar-refractivity contribution < 1.29 is 78.2 Å². The lowest BCUT2D eigenvalue weighted by atomic mass is 10.0. The molecule has 131 heavy (non-hydrogen) atoms. The zero-order valence-corrected chi connectivity index (χ0v) is 78.9. The number of halogens is 5. The summed E-state index contributed by atoms with van der Waals surface area (Å²) in [6.07, 6.45) is 9.49. The van der Waals surface area contributed by atoms with Crippen LogP contribution in [0.1, 0.15) is 56.9 Å². The number of piperazine rings is 2. The zero-order chi connectivity index (χ0) is 92.6. The van der Waals surface area contributed by atoms with Gasteiger partial charge in [0.1, 0.15) is 35.8 Å². The number of fused-ring (bicyclic) bond motifs is 1. The van der Waals surface area contributed by atoms with Crippen LogP contribution in [0.15, 0.2) is 231 Å². The minimum Gasteiger partial charge on any atom is -0.484 e. The van der Waals surface area contributed by atoms with Crippen LogP contribution in [0.3, 0.4) is 0 Å². The second-order valence-electron chi connectivity index (χ2n) is 30.1. The van der Waals surface area contributed by atoms with Crippen molar-refractivity contribution in [1.29, 1.82) is 0 Å². The summed E-state index contributed by atoms with van der Waals surface area (Å²) in [7, 11) is -14.9. The van der Waals surface area contributed by atoms with E-state index in [0.29, 0.717) is 130 Å². The summed E-state index contributed by atoms with van der Waals surface area (Å²) in [4.78, 5) is 80.6. The van der Waals surface area contributed by atoms with Gasteiger partial charge in [-0.3, -0.25) is 38.1 Å². The monoisotopic (exact) mass is 2000 g/mol. The van der Waals surface area contributed by atoms with Gasteiger partial charge in [-0.2, -0.15) is 8.75 Å². The minimum absolute atomic E-state index is 0. The van der Waals surface area contributed by atoms with E-state index < -0.39 is 58.1 Å². The lowest BCUT2D eigenvalue weighted by Crippen LogP contribution is -2.56. The van der Waals surface area contributed by atoms with Crippen LogP contribution in [-0.2, 0) is 78.5 Å². The fourth-order valence-corrected chi connectivity index (χ4v) is 22.4. The Bertz CT molecular complexity index is 6450. The van der Waals surface area contributed by atoms with Gasteiger partial charge in [0.25, 0.3) is 51.9 Å². The highest BCUT2D eigenvalue weighted by Crippen LogP contribution is 2.35. The first kappa shape index (κ1) is 95.8. The average Bonchev–Trinajstić information content (AvgIpc) is 1.57. The van der Waals surface area contributed by atoms with Crippen molar-refractivity contribution in [3.05, 3.63) is 255 Å². The molecular formula is C86H97Cl3F2N18O14S8. The first-order valence-electron chi connectivity index (χ1n) is 41.0. The Labute approximate surface area is 794 Å². The molecule has 9 heterocycles. The van der Waals surface area contributed by atoms with Crippen molar-refractivity contribution >= 4 is 193 Å². The third-order valence-electron chi connectivity index (χ3n) is 21.6. The lowest BCUT2D eigenvalue weighted by Gasteiger charge is -2.42. The molecule has 5 N–H and O–H groups in total. The van der Waals surface area contributed by atoms with Crippen molar-refractivity contribution in [2.75, 3.05) is 129 Å². The molecular weight excluding hydrogens is 1910 g/mol. The molecule has 3 atom stereocenters. The third-order valence-corrected chi connectivity index (χ3v) is 31.0. The minimum atomic E-state index is -3.75. The summed E-state index contributed by atoms with van der Waals surface area (Å²) in [5.74, 6) is -0.209. The zero-order valence-electron chi connectivity index (χ0n) is 70.1. The van der Waals surface area contributed by atoms with E-state index >= 15 is 0 Å². The Kier molecular flexibility index (Phi) is 31.7. The van der Waals surface area contributed by atoms with Crippen molar-refractivity contribution in [2.45, 2.75) is 90.1 Å². The molecule has 0 radical (unpaired) electrons. The predicted molar refractivity (Wildman–Crippen MR) is 516 cm³/mol. The summed E-state index contributed by atoms with van der Waals surface area (Å²) in [6.45, 7) is 10.7. The van der Waals surface area contributed by atoms with Crippen LogP contribution in [0.25, 0.3) is 0 Å². The van der Waals surface area contributed by atoms with Crippen LogP contribution in [0.5, 0.6) is 11.5 Å². The van der Waals surface area contributed by atoms with Gasteiger partial charge in [0.15, 0.2) is 23.0 Å². The first-order valence-corrected chi connectivity index (χ1v) is 51.4. The predicted octanol–water partition coefficient (Wildman–Crippen LogP) is 14.9. The lowest BCUT2D eigenvalue weighted by molar-refractivity contribution is -0.134. The van der Waals surface area contributed by atoms with Crippen LogP contribution >= 0.6 is 80.5 Å². The molecule has 4 aromatic heterocycles. The number of nitrogens with zero attached hydrogens (tertiary/aromatic N) is 13. The number of ether oxygens (including phenoxy) is 2. The number of amides is 4. The number of carbonyl (C=O) groups is 4. The molecule has 17 rings (SSSR count). The first-order chi connectivity index (χ1) is 62.9. The molecule has 4 fully saturated rings. The molecule has 8 aromatic carbocycles. The van der Waals surface area contributed by atoms with E-state index in [4.69, 9.17) is 44.3 Å². The Morgan fingerprint density at radius 2 is 1.08 bits per heavy atom. The molecule has 12 aromatic rings. The molecule has 1 unspecified atom stereocenters. The highest BCUT2D eigenvalue weighted by atomic mass is 35.5. The summed E-state index contributed by atoms with van der Waals surface area (Å²) >= 11 is 22.3. The van der Waals surface area contributed by atoms with Crippen molar-refractivity contribution in [2.24, 2.45) is 0 Å². The molecule has 698 valence electrons. The highest BCUT2D eigenvalue weighted by molar-refractivity contribution is 7.93. The van der Waals surface area contributed by atoms with E-state index in [1.165, 1.54) is 114 Å². The van der Waals surface area contributed by atoms with Gasteiger partial charge >= 0.3 is 0 Å². The molecule has 5 aliphatic heterocycles. The number of rotatable bonds is 28. The number of anilines is 9. The van der Waals surface area contributed by atoms with Crippen LogP contribution in [-0.4, -0.2) is 199 Å². The number of hydrogen-bond acceptors (Lipinski definition) is 28. The fraction of sp³-hybridized carbons (Fsp3) is 0.279. The summed E-state index contributed by atoms with van der Waals surface area (Å²) in [5.41, 5.74) is 6.90. The van der Waals surface area contributed by atoms with Crippen molar-refractivity contribution in [3.8, 4) is 11.5 Å². The number of aromatic nitrogens is 6. The van der Waals surface area contributed by atoms with E-state index in [2.05, 4.69) is 81.4 Å². The Morgan fingerprint density at radius 1 is 0.534 bits per heavy atom. The van der Waals surface area contributed by atoms with E-state index in [-0.39, 0.29) is 89.2 Å². The van der Waals surface area contributed by atoms with E-state index in [9.17, 15) is 61.6 Å². The number of carbonyl (C=O) groups excluding carboxylic acids is 4. The topological polar surface area (TPSA) is 383 Å². The van der Waals surface area contributed by atoms with Crippen molar-refractivity contribution in [1.82, 2.24) is 43.8 Å². The number of thiazole rings is 2. The maximum atomic E-state index is 13.9. The van der Waals surface area contributed by atoms with Crippen LogP contribution < -0.4 is 58.2 Å². The van der Waals surface area contributed by atoms with Gasteiger partial charge in [-0.05, 0) is 202 Å². The Balaban J connectivity index is 0.000000201. The van der Waals surface area contributed by atoms with Crippen LogP contribution in [0.2, 0.25) is 15.1 Å². The molecule has 32 nitrogen and oxygen atoms in total. The number of benzene rings is 8. The maximum Gasteiger partial charge on any atom is 0.268 e. The number of hydrogen-bond donors (Lipinski definition) is 5. The molecule has 0 bridgehead atoms. The van der Waals surface area contributed by atoms with E-state index in [1.54, 1.807) is 98.3 Å². The number of sulfonamides is 4. The average molecular weight is 2010 g/mol. The van der Waals surface area contributed by atoms with Gasteiger partial charge in [0, 0.05) is 188 Å². The molecule has 4 saturated heterocycles. The van der Waals surface area contributed by atoms with Crippen molar-refractivity contribution in [3.63, 3.8) is 0 Å². The molecule has 45 heteroatoms. The highest BCUT2D eigenvalue weighted by Gasteiger charge is 2.37. The molecule has 4 amide bonds. The smallest absolute Gasteiger partial charge is 0.268 e. The maximum absolute atomic E-state index is 13.9. The largest absolute Gasteiger partial charge is 0.484 e. The Morgan fingerprint density at radius 3 is 1.61 bits per heavy atom. The van der Waals surface area contributed by atoms with Crippen LogP contribution in [0, 0.1) is 11.6 Å². The van der Waals surface area contributed by atoms with Gasteiger partial charge in [-0.25, -0.2) is 62.4 Å². The SMILES string of the molecule is CCc1cccc(OC2CCN(c3ccc(S(=O)(=O)Nc4nccs4)cc3)C2=O)c1.C[C@@H]1CN(c2ccc(S(=O)(=O)Nc3ncns3)cc2)CCN1C(=O)CN1CCCc2cc(Cl)ccc21.O=C(COc1ccc(F)c(Cl)c1)N1CCN(c2ccc(S(=O)(=O)Nc3ncns3)cc2)CC1.O=C1[C@@H](NCCc2c(F)cccc2Cl)CCN1c1ccc(S(=O)(=O)Nc2nccs2)cc1.[HH].[HH].[HH].[HH].[HH]. The van der Waals surface area contributed by atoms with Gasteiger partial charge in [0.05, 0.1) is 37.2 Å². The summed E-state index contributed by atoms with van der Waals surface area (Å²) in [5, 5.41) is 8.58.